The van der Waals surface area contributed by atoms with Crippen LogP contribution in [0.25, 0.3) is 0 Å². The van der Waals surface area contributed by atoms with E-state index in [4.69, 9.17) is 5.26 Å². The lowest BCUT2D eigenvalue weighted by Crippen LogP contribution is -1.89. The summed E-state index contributed by atoms with van der Waals surface area (Å²) in [6, 6.07) is 2.28. The Morgan fingerprint density at radius 2 is 1.43 bits per heavy atom. The monoisotopic (exact) mass is 195 g/mol. The molecule has 14 heavy (non-hydrogen) atoms. The summed E-state index contributed by atoms with van der Waals surface area (Å²) in [6.07, 6.45) is 11.9. The molecule has 0 fully saturated rings. The quantitative estimate of drug-likeness (QED) is 0.490. The van der Waals surface area contributed by atoms with Crippen LogP contribution in [0.5, 0.6) is 0 Å². The summed E-state index contributed by atoms with van der Waals surface area (Å²) in [5, 5.41) is 8.58. The zero-order valence-electron chi connectivity index (χ0n) is 9.89. The molecule has 0 N–H and O–H groups in total. The predicted octanol–water partition coefficient (Wildman–Crippen LogP) is 4.68. The second kappa shape index (κ2) is 10.6. The molecule has 0 saturated carbocycles. The molecule has 1 heteroatoms. The third-order valence-electron chi connectivity index (χ3n) is 2.71. The van der Waals surface area contributed by atoms with Crippen LogP contribution < -0.4 is 0 Å². The molecule has 82 valence electrons. The molecule has 0 saturated heterocycles. The van der Waals surface area contributed by atoms with Gasteiger partial charge in [-0.15, -0.1) is 0 Å². The molecule has 0 aromatic rings. The third kappa shape index (κ3) is 9.58. The van der Waals surface area contributed by atoms with Crippen LogP contribution in [-0.2, 0) is 0 Å². The maximum atomic E-state index is 8.58. The van der Waals surface area contributed by atoms with Gasteiger partial charge in [-0.05, 0) is 13.3 Å². The van der Waals surface area contributed by atoms with Crippen LogP contribution in [0.1, 0.15) is 71.6 Å². The van der Waals surface area contributed by atoms with Crippen LogP contribution in [0, 0.1) is 17.2 Å². The Morgan fingerprint density at radius 3 is 1.93 bits per heavy atom. The fraction of sp³-hybridized carbons (Fsp3) is 0.923. The number of hydrogen-bond donors (Lipinski definition) is 0. The van der Waals surface area contributed by atoms with Gasteiger partial charge in [0.05, 0.1) is 6.07 Å². The number of rotatable bonds is 9. The first-order valence-electron chi connectivity index (χ1n) is 6.20. The fourth-order valence-corrected chi connectivity index (χ4v) is 1.65. The number of unbranched alkanes of at least 4 members (excludes halogenated alkanes) is 7. The average Bonchev–Trinajstić information content (AvgIpc) is 2.21. The number of nitriles is 1. The lowest BCUT2D eigenvalue weighted by Gasteiger charge is -2.02. The van der Waals surface area contributed by atoms with Gasteiger partial charge in [-0.2, -0.15) is 5.26 Å². The first-order valence-corrected chi connectivity index (χ1v) is 6.20. The van der Waals surface area contributed by atoms with E-state index in [1.807, 2.05) is 6.92 Å². The summed E-state index contributed by atoms with van der Waals surface area (Å²) >= 11 is 0. The molecule has 0 heterocycles. The summed E-state index contributed by atoms with van der Waals surface area (Å²) in [4.78, 5) is 0. The molecule has 0 rings (SSSR count). The van der Waals surface area contributed by atoms with Crippen LogP contribution in [0.2, 0.25) is 0 Å². The first-order chi connectivity index (χ1) is 6.81. The minimum Gasteiger partial charge on any atom is -0.198 e. The molecular weight excluding hydrogens is 170 g/mol. The van der Waals surface area contributed by atoms with Crippen molar-refractivity contribution >= 4 is 0 Å². The van der Waals surface area contributed by atoms with E-state index in [0.29, 0.717) is 0 Å². The van der Waals surface area contributed by atoms with E-state index in [9.17, 15) is 0 Å². The largest absolute Gasteiger partial charge is 0.198 e. The normalized spacial score (nSPS) is 12.4. The van der Waals surface area contributed by atoms with E-state index < -0.39 is 0 Å². The van der Waals surface area contributed by atoms with Crippen molar-refractivity contribution in [3.8, 4) is 6.07 Å². The Hall–Kier alpha value is -0.510. The van der Waals surface area contributed by atoms with Gasteiger partial charge in [-0.1, -0.05) is 58.3 Å². The molecule has 0 aliphatic carbocycles. The molecule has 0 aliphatic rings. The van der Waals surface area contributed by atoms with Crippen molar-refractivity contribution in [1.82, 2.24) is 0 Å². The van der Waals surface area contributed by atoms with E-state index in [2.05, 4.69) is 13.0 Å². The molecule has 0 aromatic heterocycles. The second-order valence-corrected chi connectivity index (χ2v) is 4.29. The smallest absolute Gasteiger partial charge is 0.0652 e. The van der Waals surface area contributed by atoms with Gasteiger partial charge in [0.2, 0.25) is 0 Å². The second-order valence-electron chi connectivity index (χ2n) is 4.29. The minimum atomic E-state index is 0.259. The molecule has 0 amide bonds. The lowest BCUT2D eigenvalue weighted by molar-refractivity contribution is 0.537. The van der Waals surface area contributed by atoms with Gasteiger partial charge < -0.3 is 0 Å². The van der Waals surface area contributed by atoms with Crippen molar-refractivity contribution in [3.05, 3.63) is 0 Å². The molecule has 1 atom stereocenters. The highest BCUT2D eigenvalue weighted by Gasteiger charge is 1.98. The third-order valence-corrected chi connectivity index (χ3v) is 2.71. The van der Waals surface area contributed by atoms with Crippen molar-refractivity contribution in [2.24, 2.45) is 5.92 Å². The minimum absolute atomic E-state index is 0.259. The molecular formula is C13H25N. The van der Waals surface area contributed by atoms with Crippen LogP contribution in [0.3, 0.4) is 0 Å². The molecule has 0 spiro atoms. The Kier molecular flexibility index (Phi) is 10.2. The molecule has 1 nitrogen and oxygen atoms in total. The fourth-order valence-electron chi connectivity index (χ4n) is 1.65. The highest BCUT2D eigenvalue weighted by atomic mass is 14.3. The van der Waals surface area contributed by atoms with Crippen LogP contribution in [-0.4, -0.2) is 0 Å². The van der Waals surface area contributed by atoms with Gasteiger partial charge in [0.25, 0.3) is 0 Å². The van der Waals surface area contributed by atoms with Gasteiger partial charge in [-0.3, -0.25) is 0 Å². The molecule has 0 unspecified atom stereocenters. The van der Waals surface area contributed by atoms with Gasteiger partial charge >= 0.3 is 0 Å². The maximum Gasteiger partial charge on any atom is 0.0652 e. The summed E-state index contributed by atoms with van der Waals surface area (Å²) < 4.78 is 0. The Bertz CT molecular complexity index is 146. The van der Waals surface area contributed by atoms with Gasteiger partial charge in [0, 0.05) is 5.92 Å². The van der Waals surface area contributed by atoms with Crippen LogP contribution >= 0.6 is 0 Å². The summed E-state index contributed by atoms with van der Waals surface area (Å²) in [6.45, 7) is 4.27. The summed E-state index contributed by atoms with van der Waals surface area (Å²) in [7, 11) is 0. The Labute approximate surface area is 89.5 Å². The van der Waals surface area contributed by atoms with E-state index >= 15 is 0 Å². The van der Waals surface area contributed by atoms with Crippen LogP contribution in [0.4, 0.5) is 0 Å². The van der Waals surface area contributed by atoms with Crippen molar-refractivity contribution in [2.75, 3.05) is 0 Å². The summed E-state index contributed by atoms with van der Waals surface area (Å²) in [5.74, 6) is 0.259. The number of nitrogens with zero attached hydrogens (tertiary/aromatic N) is 1. The Morgan fingerprint density at radius 1 is 0.929 bits per heavy atom. The highest BCUT2D eigenvalue weighted by molar-refractivity contribution is 4.77. The topological polar surface area (TPSA) is 23.8 Å². The molecule has 0 aromatic carbocycles. The summed E-state index contributed by atoms with van der Waals surface area (Å²) in [5.41, 5.74) is 0. The SMILES string of the molecule is CCCCCCCCCC[C@@H](C)C#N. The zero-order valence-corrected chi connectivity index (χ0v) is 9.89. The maximum absolute atomic E-state index is 8.58. The van der Waals surface area contributed by atoms with E-state index in [1.54, 1.807) is 0 Å². The van der Waals surface area contributed by atoms with Crippen molar-refractivity contribution < 1.29 is 0 Å². The van der Waals surface area contributed by atoms with E-state index in [0.717, 1.165) is 6.42 Å². The first kappa shape index (κ1) is 13.5. The molecule has 0 bridgehead atoms. The van der Waals surface area contributed by atoms with E-state index in [1.165, 1.54) is 51.4 Å². The standard InChI is InChI=1S/C13H25N/c1-3-4-5-6-7-8-9-10-11-13(2)12-14/h13H,3-11H2,1-2H3/t13-/m1/s1. The molecule has 0 radical (unpaired) electrons. The van der Waals surface area contributed by atoms with Crippen molar-refractivity contribution in [2.45, 2.75) is 71.6 Å². The lowest BCUT2D eigenvalue weighted by atomic mass is 10.0. The van der Waals surface area contributed by atoms with E-state index in [-0.39, 0.29) is 5.92 Å². The van der Waals surface area contributed by atoms with Gasteiger partial charge in [-0.25, -0.2) is 0 Å². The van der Waals surface area contributed by atoms with Crippen LogP contribution in [0.15, 0.2) is 0 Å². The van der Waals surface area contributed by atoms with Gasteiger partial charge in [0.15, 0.2) is 0 Å². The zero-order chi connectivity index (χ0) is 10.6. The van der Waals surface area contributed by atoms with Gasteiger partial charge in [0.1, 0.15) is 0 Å². The predicted molar refractivity (Wildman–Crippen MR) is 62.0 cm³/mol. The highest BCUT2D eigenvalue weighted by Crippen LogP contribution is 2.12. The van der Waals surface area contributed by atoms with Crippen molar-refractivity contribution in [3.63, 3.8) is 0 Å². The average molecular weight is 195 g/mol. The molecule has 0 aliphatic heterocycles. The Balaban J connectivity index is 2.96. The number of hydrogen-bond acceptors (Lipinski definition) is 1. The van der Waals surface area contributed by atoms with Crippen molar-refractivity contribution in [1.29, 1.82) is 5.26 Å².